The van der Waals surface area contributed by atoms with E-state index in [1.165, 1.54) is 17.5 Å². The van der Waals surface area contributed by atoms with Crippen LogP contribution in [0.3, 0.4) is 0 Å². The molecule has 0 fully saturated rings. The fraction of sp³-hybridized carbons (Fsp3) is 0.286. The molecule has 1 aromatic rings. The number of aliphatic carboxylic acids is 2. The molecule has 0 saturated carbocycles. The van der Waals surface area contributed by atoms with Crippen molar-refractivity contribution in [2.45, 2.75) is 19.4 Å². The molecule has 3 N–H and O–H groups in total. The predicted molar refractivity (Wildman–Crippen MR) is 71.0 cm³/mol. The summed E-state index contributed by atoms with van der Waals surface area (Å²) in [4.78, 5) is 19.1. The van der Waals surface area contributed by atoms with E-state index in [1.807, 2.05) is 0 Å². The fourth-order valence-electron chi connectivity index (χ4n) is 1.86. The Hall–Kier alpha value is -2.14. The van der Waals surface area contributed by atoms with Gasteiger partial charge in [0.05, 0.1) is 0 Å². The minimum atomic E-state index is -1.26. The van der Waals surface area contributed by atoms with Gasteiger partial charge in [0.15, 0.2) is 0 Å². The van der Waals surface area contributed by atoms with Gasteiger partial charge in [0, 0.05) is 18.2 Å². The number of carboxylic acid groups (broad SMARTS) is 2. The standard InChI is InChI=1S/C10H13N.C4H4O4/c1-8-10-5-3-2-4-9(10)6-7-11-8;5-3(6)1-2-4(7)8/h2-5,8,11H,6-7H2,1H3;1-2H,(H,5,6)(H,7,8)/b;2-1-. The van der Waals surface area contributed by atoms with Crippen LogP contribution in [0.15, 0.2) is 36.4 Å². The number of carbonyl (C=O) groups is 2. The van der Waals surface area contributed by atoms with Gasteiger partial charge in [0.2, 0.25) is 0 Å². The number of fused-ring (bicyclic) bond motifs is 1. The first kappa shape index (κ1) is 14.9. The van der Waals surface area contributed by atoms with Gasteiger partial charge in [-0.15, -0.1) is 0 Å². The molecule has 19 heavy (non-hydrogen) atoms. The maximum atomic E-state index is 9.55. The third-order valence-electron chi connectivity index (χ3n) is 2.73. The average Bonchev–Trinajstić information content (AvgIpc) is 2.38. The SMILES string of the molecule is CC1NCCc2ccccc21.O=C(O)/C=C\C(=O)O. The molecule has 1 atom stereocenters. The Morgan fingerprint density at radius 3 is 2.32 bits per heavy atom. The molecule has 1 unspecified atom stereocenters. The van der Waals surface area contributed by atoms with Crippen molar-refractivity contribution in [3.05, 3.63) is 47.5 Å². The van der Waals surface area contributed by atoms with Gasteiger partial charge in [-0.05, 0) is 31.0 Å². The maximum absolute atomic E-state index is 9.55. The van der Waals surface area contributed by atoms with E-state index in [2.05, 4.69) is 36.5 Å². The first-order valence-corrected chi connectivity index (χ1v) is 5.96. The molecular formula is C14H17NO4. The monoisotopic (exact) mass is 263 g/mol. The van der Waals surface area contributed by atoms with Crippen LogP contribution in [0.4, 0.5) is 0 Å². The Labute approximate surface area is 111 Å². The highest BCUT2D eigenvalue weighted by Crippen LogP contribution is 2.21. The molecule has 1 aromatic carbocycles. The lowest BCUT2D eigenvalue weighted by atomic mass is 9.96. The molecule has 1 heterocycles. The van der Waals surface area contributed by atoms with E-state index in [4.69, 9.17) is 10.2 Å². The van der Waals surface area contributed by atoms with Gasteiger partial charge in [-0.25, -0.2) is 9.59 Å². The molecule has 0 bridgehead atoms. The minimum Gasteiger partial charge on any atom is -0.478 e. The molecule has 2 rings (SSSR count). The first-order chi connectivity index (χ1) is 9.00. The van der Waals surface area contributed by atoms with E-state index in [0.29, 0.717) is 18.2 Å². The summed E-state index contributed by atoms with van der Waals surface area (Å²) < 4.78 is 0. The van der Waals surface area contributed by atoms with Gasteiger partial charge < -0.3 is 15.5 Å². The highest BCUT2D eigenvalue weighted by molar-refractivity contribution is 5.89. The summed E-state index contributed by atoms with van der Waals surface area (Å²) in [5, 5.41) is 19.1. The largest absolute Gasteiger partial charge is 0.478 e. The van der Waals surface area contributed by atoms with Crippen LogP contribution in [0.5, 0.6) is 0 Å². The third-order valence-corrected chi connectivity index (χ3v) is 2.73. The molecule has 0 radical (unpaired) electrons. The molecule has 0 aliphatic carbocycles. The number of rotatable bonds is 2. The zero-order valence-electron chi connectivity index (χ0n) is 10.7. The normalized spacial score (nSPS) is 17.2. The van der Waals surface area contributed by atoms with Gasteiger partial charge in [0.1, 0.15) is 0 Å². The summed E-state index contributed by atoms with van der Waals surface area (Å²) in [5.74, 6) is -2.51. The Balaban J connectivity index is 0.000000203. The third kappa shape index (κ3) is 5.35. The lowest BCUT2D eigenvalue weighted by Gasteiger charge is -2.23. The number of hydrogen-bond donors (Lipinski definition) is 3. The number of carboxylic acids is 2. The fourth-order valence-corrected chi connectivity index (χ4v) is 1.86. The lowest BCUT2D eigenvalue weighted by Crippen LogP contribution is -2.27. The quantitative estimate of drug-likeness (QED) is 0.706. The maximum Gasteiger partial charge on any atom is 0.328 e. The zero-order valence-corrected chi connectivity index (χ0v) is 10.7. The van der Waals surface area contributed by atoms with Crippen molar-refractivity contribution in [2.75, 3.05) is 6.54 Å². The highest BCUT2D eigenvalue weighted by atomic mass is 16.4. The molecule has 5 heteroatoms. The molecule has 102 valence electrons. The van der Waals surface area contributed by atoms with Crippen molar-refractivity contribution in [2.24, 2.45) is 0 Å². The second-order valence-electron chi connectivity index (χ2n) is 4.13. The van der Waals surface area contributed by atoms with E-state index in [-0.39, 0.29) is 0 Å². The number of hydrogen-bond acceptors (Lipinski definition) is 3. The van der Waals surface area contributed by atoms with Crippen LogP contribution in [0.25, 0.3) is 0 Å². The van der Waals surface area contributed by atoms with Gasteiger partial charge >= 0.3 is 11.9 Å². The second kappa shape index (κ2) is 7.33. The Bertz CT molecular complexity index is 466. The van der Waals surface area contributed by atoms with Gasteiger partial charge in [-0.3, -0.25) is 0 Å². The smallest absolute Gasteiger partial charge is 0.328 e. The summed E-state index contributed by atoms with van der Waals surface area (Å²) in [6.07, 6.45) is 2.30. The van der Waals surface area contributed by atoms with Crippen LogP contribution < -0.4 is 5.32 Å². The van der Waals surface area contributed by atoms with E-state index in [1.54, 1.807) is 0 Å². The van der Waals surface area contributed by atoms with Gasteiger partial charge in [0.25, 0.3) is 0 Å². The summed E-state index contributed by atoms with van der Waals surface area (Å²) in [6, 6.07) is 9.22. The molecule has 0 aromatic heterocycles. The van der Waals surface area contributed by atoms with E-state index >= 15 is 0 Å². The topological polar surface area (TPSA) is 86.6 Å². The molecule has 1 aliphatic heterocycles. The molecular weight excluding hydrogens is 246 g/mol. The van der Waals surface area contributed by atoms with Gasteiger partial charge in [-0.2, -0.15) is 0 Å². The molecule has 1 aliphatic rings. The zero-order chi connectivity index (χ0) is 14.3. The van der Waals surface area contributed by atoms with E-state index < -0.39 is 11.9 Å². The van der Waals surface area contributed by atoms with Crippen molar-refractivity contribution in [1.29, 1.82) is 0 Å². The Kier molecular flexibility index (Phi) is 5.75. The van der Waals surface area contributed by atoms with E-state index in [9.17, 15) is 9.59 Å². The summed E-state index contributed by atoms with van der Waals surface area (Å²) >= 11 is 0. The minimum absolute atomic E-state index is 0.542. The van der Waals surface area contributed by atoms with Crippen LogP contribution in [-0.4, -0.2) is 28.7 Å². The first-order valence-electron chi connectivity index (χ1n) is 5.96. The molecule has 0 saturated heterocycles. The average molecular weight is 263 g/mol. The molecule has 0 spiro atoms. The molecule has 0 amide bonds. The Morgan fingerprint density at radius 1 is 1.21 bits per heavy atom. The van der Waals surface area contributed by atoms with E-state index in [0.717, 1.165) is 6.54 Å². The van der Waals surface area contributed by atoms with Crippen molar-refractivity contribution >= 4 is 11.9 Å². The van der Waals surface area contributed by atoms with Crippen molar-refractivity contribution in [3.8, 4) is 0 Å². The highest BCUT2D eigenvalue weighted by Gasteiger charge is 2.13. The van der Waals surface area contributed by atoms with Crippen LogP contribution >= 0.6 is 0 Å². The van der Waals surface area contributed by atoms with Crippen molar-refractivity contribution < 1.29 is 19.8 Å². The summed E-state index contributed by atoms with van der Waals surface area (Å²) in [5.41, 5.74) is 2.98. The van der Waals surface area contributed by atoms with Crippen LogP contribution in [0, 0.1) is 0 Å². The molecule has 5 nitrogen and oxygen atoms in total. The van der Waals surface area contributed by atoms with Crippen molar-refractivity contribution in [3.63, 3.8) is 0 Å². The van der Waals surface area contributed by atoms with Crippen LogP contribution in [0.2, 0.25) is 0 Å². The predicted octanol–water partition coefficient (Wildman–Crippen LogP) is 1.61. The summed E-state index contributed by atoms with van der Waals surface area (Å²) in [6.45, 7) is 3.34. The number of benzene rings is 1. The van der Waals surface area contributed by atoms with Crippen molar-refractivity contribution in [1.82, 2.24) is 5.32 Å². The second-order valence-corrected chi connectivity index (χ2v) is 4.13. The number of nitrogens with one attached hydrogen (secondary N) is 1. The van der Waals surface area contributed by atoms with Crippen LogP contribution in [0.1, 0.15) is 24.1 Å². The van der Waals surface area contributed by atoms with Crippen LogP contribution in [-0.2, 0) is 16.0 Å². The summed E-state index contributed by atoms with van der Waals surface area (Å²) in [7, 11) is 0. The lowest BCUT2D eigenvalue weighted by molar-refractivity contribution is -0.134. The van der Waals surface area contributed by atoms with Gasteiger partial charge in [-0.1, -0.05) is 24.3 Å². The Morgan fingerprint density at radius 2 is 1.79 bits per heavy atom.